The normalized spacial score (nSPS) is 16.6. The van der Waals surface area contributed by atoms with E-state index in [0.717, 1.165) is 6.42 Å². The zero-order chi connectivity index (χ0) is 32.6. The maximum atomic E-state index is 13.5. The number of hydrogen-bond donors (Lipinski definition) is 2. The molecule has 1 saturated carbocycles. The summed E-state index contributed by atoms with van der Waals surface area (Å²) in [6, 6.07) is 6.80. The van der Waals surface area contributed by atoms with E-state index < -0.39 is 41.6 Å². The van der Waals surface area contributed by atoms with E-state index in [9.17, 15) is 29.1 Å². The zero-order valence-electron chi connectivity index (χ0n) is 25.0. The van der Waals surface area contributed by atoms with Crippen molar-refractivity contribution in [2.24, 2.45) is 0 Å². The van der Waals surface area contributed by atoms with Crippen molar-refractivity contribution in [1.82, 2.24) is 25.1 Å². The number of amides is 2. The second kappa shape index (κ2) is 15.1. The Morgan fingerprint density at radius 2 is 1.76 bits per heavy atom. The number of hydrogen-bond acceptors (Lipinski definition) is 11. The van der Waals surface area contributed by atoms with Gasteiger partial charge in [0.05, 0.1) is 32.0 Å². The monoisotopic (exact) mass is 649 g/mol. The molecule has 0 bridgehead atoms. The van der Waals surface area contributed by atoms with Crippen LogP contribution in [0.5, 0.6) is 5.88 Å². The quantitative estimate of drug-likeness (QED) is 0.303. The highest BCUT2D eigenvalue weighted by Crippen LogP contribution is 2.39. The number of nitrogens with zero attached hydrogens (tertiary/aromatic N) is 4. The van der Waals surface area contributed by atoms with Gasteiger partial charge in [0.2, 0.25) is 17.4 Å². The number of nitrogens with one attached hydrogen (secondary N) is 1. The van der Waals surface area contributed by atoms with Crippen LogP contribution >= 0.6 is 11.6 Å². The molecule has 2 aromatic rings. The highest BCUT2D eigenvalue weighted by Gasteiger charge is 2.49. The first-order chi connectivity index (χ1) is 21.5. The van der Waals surface area contributed by atoms with E-state index in [1.165, 1.54) is 20.7 Å². The number of rotatable bonds is 13. The summed E-state index contributed by atoms with van der Waals surface area (Å²) < 4.78 is 17.5. The number of carbonyl (C=O) groups excluding carboxylic acids is 4. The summed E-state index contributed by atoms with van der Waals surface area (Å²) >= 11 is 6.21. The van der Waals surface area contributed by atoms with Crippen molar-refractivity contribution in [1.29, 1.82) is 0 Å². The molecule has 16 heteroatoms. The second-order valence-corrected chi connectivity index (χ2v) is 10.9. The average molecular weight is 650 g/mol. The average Bonchev–Trinajstić information content (AvgIpc) is 3.41. The molecule has 0 unspecified atom stereocenters. The highest BCUT2D eigenvalue weighted by atomic mass is 35.5. The number of aromatic nitrogens is 2. The number of esters is 1. The summed E-state index contributed by atoms with van der Waals surface area (Å²) in [4.78, 5) is 69.3. The number of hydroxylamine groups is 2. The number of carbonyl (C=O) groups is 5. The van der Waals surface area contributed by atoms with E-state index >= 15 is 0 Å². The molecule has 1 atom stereocenters. The molecule has 2 amide bonds. The lowest BCUT2D eigenvalue weighted by molar-refractivity contribution is -0.170. The molecule has 2 N–H and O–H groups in total. The molecule has 2 fully saturated rings. The van der Waals surface area contributed by atoms with Crippen molar-refractivity contribution in [2.45, 2.75) is 57.6 Å². The smallest absolute Gasteiger partial charge is 0.481 e. The predicted octanol–water partition coefficient (Wildman–Crippen LogP) is 2.59. The molecule has 4 rings (SSSR count). The van der Waals surface area contributed by atoms with Gasteiger partial charge in [-0.1, -0.05) is 17.7 Å². The lowest BCUT2D eigenvalue weighted by atomic mass is 9.80. The Hall–Kier alpha value is -4.37. The minimum absolute atomic E-state index is 0.0845. The Morgan fingerprint density at radius 3 is 2.36 bits per heavy atom. The molecule has 2 aliphatic rings. The standard InChI is InChI=1S/C29H36ClN5O10/c1-3-42-27(40)29(11-6-12-29)44-23-18-22(32-35(23)20-8-5-7-19(30)17-20)25(38)31-21(9-10-24(36)37)26(39)33-13-15-34(16-14-33)45-28(41)43-4-2/h5,7-8,17-18,21H,3-4,6,9-16H2,1-2H3,(H,31,38)(H,36,37)/t21-/m0/s1. The lowest BCUT2D eigenvalue weighted by Crippen LogP contribution is -2.55. The van der Waals surface area contributed by atoms with E-state index in [0.29, 0.717) is 23.6 Å². The first-order valence-electron chi connectivity index (χ1n) is 14.7. The molecular weight excluding hydrogens is 614 g/mol. The van der Waals surface area contributed by atoms with Gasteiger partial charge in [-0.3, -0.25) is 14.4 Å². The van der Waals surface area contributed by atoms with Gasteiger partial charge in [-0.15, -0.1) is 5.06 Å². The fourth-order valence-corrected chi connectivity index (χ4v) is 5.06. The fraction of sp³-hybridized carbons (Fsp3) is 0.517. The van der Waals surface area contributed by atoms with Gasteiger partial charge in [-0.25, -0.2) is 14.3 Å². The van der Waals surface area contributed by atoms with Gasteiger partial charge in [-0.2, -0.15) is 5.10 Å². The molecule has 1 aromatic heterocycles. The largest absolute Gasteiger partial charge is 0.527 e. The third-order valence-corrected chi connectivity index (χ3v) is 7.57. The third kappa shape index (κ3) is 8.42. The van der Waals surface area contributed by atoms with Crippen LogP contribution in [0.2, 0.25) is 5.02 Å². The van der Waals surface area contributed by atoms with Gasteiger partial charge < -0.3 is 34.4 Å². The zero-order valence-corrected chi connectivity index (χ0v) is 25.8. The Kier molecular flexibility index (Phi) is 11.2. The maximum Gasteiger partial charge on any atom is 0.527 e. The molecule has 1 saturated heterocycles. The first kappa shape index (κ1) is 33.5. The number of halogens is 1. The first-order valence-corrected chi connectivity index (χ1v) is 15.1. The van der Waals surface area contributed by atoms with Crippen LogP contribution in [0.4, 0.5) is 4.79 Å². The number of carboxylic acids is 1. The molecule has 2 heterocycles. The van der Waals surface area contributed by atoms with E-state index in [2.05, 4.69) is 10.4 Å². The van der Waals surface area contributed by atoms with Crippen LogP contribution in [0.15, 0.2) is 30.3 Å². The fourth-order valence-electron chi connectivity index (χ4n) is 4.88. The number of benzene rings is 1. The number of aliphatic carboxylic acids is 1. The van der Waals surface area contributed by atoms with Crippen LogP contribution < -0.4 is 10.1 Å². The van der Waals surface area contributed by atoms with Gasteiger partial charge in [0.25, 0.3) is 5.91 Å². The van der Waals surface area contributed by atoms with E-state index in [4.69, 9.17) is 30.6 Å². The number of piperazine rings is 1. The summed E-state index contributed by atoms with van der Waals surface area (Å²) in [7, 11) is 0. The predicted molar refractivity (Wildman–Crippen MR) is 157 cm³/mol. The molecule has 0 spiro atoms. The molecule has 244 valence electrons. The van der Waals surface area contributed by atoms with E-state index in [-0.39, 0.29) is 63.8 Å². The highest BCUT2D eigenvalue weighted by molar-refractivity contribution is 6.30. The van der Waals surface area contributed by atoms with Crippen LogP contribution in [0, 0.1) is 0 Å². The van der Waals surface area contributed by atoms with Gasteiger partial charge in [0.15, 0.2) is 5.69 Å². The van der Waals surface area contributed by atoms with Crippen LogP contribution in [0.1, 0.15) is 56.4 Å². The Bertz CT molecular complexity index is 1400. The molecule has 1 aliphatic carbocycles. The van der Waals surface area contributed by atoms with Crippen molar-refractivity contribution >= 4 is 41.5 Å². The van der Waals surface area contributed by atoms with Gasteiger partial charge in [0.1, 0.15) is 6.04 Å². The van der Waals surface area contributed by atoms with Crippen LogP contribution in [0.3, 0.4) is 0 Å². The van der Waals surface area contributed by atoms with Gasteiger partial charge >= 0.3 is 18.1 Å². The van der Waals surface area contributed by atoms with Crippen LogP contribution in [-0.2, 0) is 28.7 Å². The topological polar surface area (TPSA) is 179 Å². The van der Waals surface area contributed by atoms with Crippen molar-refractivity contribution < 1.29 is 48.1 Å². The van der Waals surface area contributed by atoms with E-state index in [1.807, 2.05) is 0 Å². The number of ether oxygens (including phenoxy) is 3. The summed E-state index contributed by atoms with van der Waals surface area (Å²) in [5, 5.41) is 18.1. The summed E-state index contributed by atoms with van der Waals surface area (Å²) in [6.45, 7) is 4.37. The minimum Gasteiger partial charge on any atom is -0.481 e. The molecular formula is C29H36ClN5O10. The van der Waals surface area contributed by atoms with Gasteiger partial charge in [0, 0.05) is 30.6 Å². The van der Waals surface area contributed by atoms with Crippen molar-refractivity contribution in [2.75, 3.05) is 39.4 Å². The molecule has 1 aliphatic heterocycles. The lowest BCUT2D eigenvalue weighted by Gasteiger charge is -2.38. The van der Waals surface area contributed by atoms with E-state index in [1.54, 1.807) is 38.1 Å². The van der Waals surface area contributed by atoms with Crippen molar-refractivity contribution in [3.8, 4) is 11.6 Å². The van der Waals surface area contributed by atoms with Gasteiger partial charge in [-0.05, 0) is 57.7 Å². The Morgan fingerprint density at radius 1 is 1.04 bits per heavy atom. The molecule has 15 nitrogen and oxygen atoms in total. The minimum atomic E-state index is -1.24. The van der Waals surface area contributed by atoms with Crippen molar-refractivity contribution in [3.63, 3.8) is 0 Å². The molecule has 1 aromatic carbocycles. The second-order valence-electron chi connectivity index (χ2n) is 10.4. The Balaban J connectivity index is 1.54. The SMILES string of the molecule is CCOC(=O)ON1CCN(C(=O)[C@H](CCC(=O)O)NC(=O)c2cc(OC3(C(=O)OCC)CCC3)n(-c3cccc(Cl)c3)n2)CC1. The van der Waals surface area contributed by atoms with Crippen LogP contribution in [-0.4, -0.2) is 106 Å². The number of carboxylic acid groups (broad SMARTS) is 1. The van der Waals surface area contributed by atoms with Crippen LogP contribution in [0.25, 0.3) is 5.69 Å². The molecule has 0 radical (unpaired) electrons. The summed E-state index contributed by atoms with van der Waals surface area (Å²) in [5.41, 5.74) is -0.917. The third-order valence-electron chi connectivity index (χ3n) is 7.34. The maximum absolute atomic E-state index is 13.5. The summed E-state index contributed by atoms with van der Waals surface area (Å²) in [6.07, 6.45) is 0.166. The van der Waals surface area contributed by atoms with Crippen molar-refractivity contribution in [3.05, 3.63) is 41.0 Å². The summed E-state index contributed by atoms with van der Waals surface area (Å²) in [5.74, 6) is -2.83. The molecule has 45 heavy (non-hydrogen) atoms. The Labute approximate surface area is 264 Å².